The van der Waals surface area contributed by atoms with Crippen LogP contribution >= 0.6 is 0 Å². The Morgan fingerprint density at radius 2 is 1.31 bits per heavy atom. The van der Waals surface area contributed by atoms with E-state index in [0.29, 0.717) is 22.4 Å². The van der Waals surface area contributed by atoms with Gasteiger partial charge in [0.15, 0.2) is 0 Å². The molecule has 6 heteroatoms. The van der Waals surface area contributed by atoms with Gasteiger partial charge in [0.2, 0.25) is 0 Å². The maximum Gasteiger partial charge on any atom is 0.337 e. The Morgan fingerprint density at radius 1 is 0.759 bits per heavy atom. The van der Waals surface area contributed by atoms with Crippen molar-refractivity contribution < 1.29 is 19.1 Å². The van der Waals surface area contributed by atoms with Crippen molar-refractivity contribution >= 4 is 29.2 Å². The molecule has 3 aromatic rings. The lowest BCUT2D eigenvalue weighted by Gasteiger charge is -2.17. The van der Waals surface area contributed by atoms with Crippen molar-refractivity contribution in [3.8, 4) is 0 Å². The zero-order chi connectivity index (χ0) is 20.8. The number of anilines is 2. The van der Waals surface area contributed by atoms with Crippen molar-refractivity contribution in [2.75, 3.05) is 24.4 Å². The third kappa shape index (κ3) is 4.68. The number of benzene rings is 3. The van der Waals surface area contributed by atoms with Gasteiger partial charge in [-0.1, -0.05) is 18.2 Å². The summed E-state index contributed by atoms with van der Waals surface area (Å²) in [5, 5.41) is 2.77. The Hall–Kier alpha value is -3.93. The minimum atomic E-state index is -0.460. The van der Waals surface area contributed by atoms with E-state index in [1.165, 1.54) is 19.2 Å². The van der Waals surface area contributed by atoms with E-state index in [2.05, 4.69) is 10.1 Å². The highest BCUT2D eigenvalue weighted by atomic mass is 16.5. The quantitative estimate of drug-likeness (QED) is 0.671. The molecule has 0 fully saturated rings. The molecule has 146 valence electrons. The number of para-hydroxylation sites is 1. The van der Waals surface area contributed by atoms with Crippen molar-refractivity contribution in [2.45, 2.75) is 0 Å². The minimum absolute atomic E-state index is 0.146. The summed E-state index contributed by atoms with van der Waals surface area (Å²) in [6.45, 7) is 0. The molecule has 0 aliphatic carbocycles. The number of carbonyl (C=O) groups is 3. The van der Waals surface area contributed by atoms with Gasteiger partial charge < -0.3 is 15.0 Å². The normalized spacial score (nSPS) is 10.1. The van der Waals surface area contributed by atoms with Crippen molar-refractivity contribution in [1.82, 2.24) is 0 Å². The molecule has 0 spiro atoms. The molecule has 0 bridgehead atoms. The summed E-state index contributed by atoms with van der Waals surface area (Å²) in [4.78, 5) is 38.0. The molecule has 6 nitrogen and oxygen atoms in total. The Bertz CT molecular complexity index is 1010. The lowest BCUT2D eigenvalue weighted by atomic mass is 10.1. The lowest BCUT2D eigenvalue weighted by molar-refractivity contribution is 0.0600. The summed E-state index contributed by atoms with van der Waals surface area (Å²) in [6.07, 6.45) is 0. The number of hydrogen-bond acceptors (Lipinski definition) is 4. The van der Waals surface area contributed by atoms with Crippen molar-refractivity contribution in [3.05, 3.63) is 95.6 Å². The van der Waals surface area contributed by atoms with Crippen LogP contribution in [0.5, 0.6) is 0 Å². The maximum absolute atomic E-state index is 12.6. The van der Waals surface area contributed by atoms with Crippen LogP contribution in [0.3, 0.4) is 0 Å². The van der Waals surface area contributed by atoms with Gasteiger partial charge in [0, 0.05) is 29.5 Å². The van der Waals surface area contributed by atoms with Gasteiger partial charge in [-0.2, -0.15) is 0 Å². The lowest BCUT2D eigenvalue weighted by Crippen LogP contribution is -2.26. The standard InChI is InChI=1S/C23H20N2O4/c1-25(20-6-4-3-5-7-20)22(27)17-12-14-19(15-13-17)24-21(26)16-8-10-18(11-9-16)23(28)29-2/h3-15H,1-2H3,(H,24,26). The number of rotatable bonds is 5. The molecule has 0 aliphatic heterocycles. The van der Waals surface area contributed by atoms with Gasteiger partial charge >= 0.3 is 5.97 Å². The van der Waals surface area contributed by atoms with Gasteiger partial charge in [0.05, 0.1) is 12.7 Å². The Morgan fingerprint density at radius 3 is 1.90 bits per heavy atom. The SMILES string of the molecule is COC(=O)c1ccc(C(=O)Nc2ccc(C(=O)N(C)c3ccccc3)cc2)cc1. The van der Waals surface area contributed by atoms with Gasteiger partial charge in [-0.15, -0.1) is 0 Å². The zero-order valence-electron chi connectivity index (χ0n) is 16.1. The van der Waals surface area contributed by atoms with E-state index >= 15 is 0 Å². The summed E-state index contributed by atoms with van der Waals surface area (Å²) in [5.74, 6) is -0.924. The molecule has 3 aromatic carbocycles. The first kappa shape index (κ1) is 19.8. The largest absolute Gasteiger partial charge is 0.465 e. The Kier molecular flexibility index (Phi) is 6.04. The second-order valence-electron chi connectivity index (χ2n) is 6.30. The van der Waals surface area contributed by atoms with E-state index in [1.807, 2.05) is 30.3 Å². The fraction of sp³-hybridized carbons (Fsp3) is 0.0870. The van der Waals surface area contributed by atoms with Crippen LogP contribution in [-0.2, 0) is 4.74 Å². The summed E-state index contributed by atoms with van der Waals surface area (Å²) in [6, 6.07) is 22.2. The zero-order valence-corrected chi connectivity index (χ0v) is 16.1. The van der Waals surface area contributed by atoms with Crippen molar-refractivity contribution in [2.24, 2.45) is 0 Å². The molecule has 0 saturated heterocycles. The fourth-order valence-electron chi connectivity index (χ4n) is 2.74. The highest BCUT2D eigenvalue weighted by Gasteiger charge is 2.14. The number of nitrogens with one attached hydrogen (secondary N) is 1. The molecule has 2 amide bonds. The summed E-state index contributed by atoms with van der Waals surface area (Å²) < 4.78 is 4.64. The van der Waals surface area contributed by atoms with Crippen LogP contribution in [0.2, 0.25) is 0 Å². The van der Waals surface area contributed by atoms with Gasteiger partial charge in [0.1, 0.15) is 0 Å². The van der Waals surface area contributed by atoms with E-state index in [4.69, 9.17) is 0 Å². The van der Waals surface area contributed by atoms with Crippen molar-refractivity contribution in [1.29, 1.82) is 0 Å². The van der Waals surface area contributed by atoms with E-state index in [1.54, 1.807) is 48.3 Å². The molecule has 29 heavy (non-hydrogen) atoms. The number of esters is 1. The summed E-state index contributed by atoms with van der Waals surface area (Å²) in [7, 11) is 3.01. The predicted octanol–water partition coefficient (Wildman–Crippen LogP) is 4.00. The number of nitrogens with zero attached hydrogens (tertiary/aromatic N) is 1. The number of methoxy groups -OCH3 is 1. The first-order chi connectivity index (χ1) is 14.0. The molecule has 0 aliphatic rings. The first-order valence-electron chi connectivity index (χ1n) is 8.92. The van der Waals surface area contributed by atoms with Gasteiger partial charge in [-0.25, -0.2) is 4.79 Å². The molecule has 0 radical (unpaired) electrons. The third-order valence-corrected chi connectivity index (χ3v) is 4.41. The molecule has 0 unspecified atom stereocenters. The number of carbonyl (C=O) groups excluding carboxylic acids is 3. The number of ether oxygens (including phenoxy) is 1. The monoisotopic (exact) mass is 388 g/mol. The van der Waals surface area contributed by atoms with Crippen LogP contribution in [0.4, 0.5) is 11.4 Å². The predicted molar refractivity (Wildman–Crippen MR) is 111 cm³/mol. The molecule has 0 heterocycles. The smallest absolute Gasteiger partial charge is 0.337 e. The molecule has 1 N–H and O–H groups in total. The molecule has 0 saturated carbocycles. The highest BCUT2D eigenvalue weighted by molar-refractivity contribution is 6.07. The highest BCUT2D eigenvalue weighted by Crippen LogP contribution is 2.17. The van der Waals surface area contributed by atoms with E-state index in [0.717, 1.165) is 5.69 Å². The van der Waals surface area contributed by atoms with Gasteiger partial charge in [0.25, 0.3) is 11.8 Å². The van der Waals surface area contributed by atoms with Crippen LogP contribution in [-0.4, -0.2) is 31.9 Å². The van der Waals surface area contributed by atoms with E-state index in [-0.39, 0.29) is 11.8 Å². The average Bonchev–Trinajstić information content (AvgIpc) is 2.78. The molecular weight excluding hydrogens is 368 g/mol. The van der Waals surface area contributed by atoms with Crippen molar-refractivity contribution in [3.63, 3.8) is 0 Å². The van der Waals surface area contributed by atoms with Crippen LogP contribution in [0, 0.1) is 0 Å². The molecule has 0 aromatic heterocycles. The van der Waals surface area contributed by atoms with E-state index < -0.39 is 5.97 Å². The second kappa shape index (κ2) is 8.84. The fourth-order valence-corrected chi connectivity index (χ4v) is 2.74. The Labute approximate surface area is 168 Å². The average molecular weight is 388 g/mol. The molecule has 0 atom stereocenters. The Balaban J connectivity index is 1.66. The maximum atomic E-state index is 12.6. The molecular formula is C23H20N2O4. The van der Waals surface area contributed by atoms with Crippen LogP contribution in [0.1, 0.15) is 31.1 Å². The second-order valence-corrected chi connectivity index (χ2v) is 6.30. The first-order valence-corrected chi connectivity index (χ1v) is 8.92. The summed E-state index contributed by atoms with van der Waals surface area (Å²) in [5.41, 5.74) is 2.64. The topological polar surface area (TPSA) is 75.7 Å². The minimum Gasteiger partial charge on any atom is -0.465 e. The van der Waals surface area contributed by atoms with E-state index in [9.17, 15) is 14.4 Å². The van der Waals surface area contributed by atoms with Crippen LogP contribution in [0.15, 0.2) is 78.9 Å². The van der Waals surface area contributed by atoms with Crippen LogP contribution in [0.25, 0.3) is 0 Å². The van der Waals surface area contributed by atoms with Gasteiger partial charge in [-0.3, -0.25) is 9.59 Å². The number of amides is 2. The summed E-state index contributed by atoms with van der Waals surface area (Å²) >= 11 is 0. The third-order valence-electron chi connectivity index (χ3n) is 4.41. The molecule has 3 rings (SSSR count). The van der Waals surface area contributed by atoms with Gasteiger partial charge in [-0.05, 0) is 60.7 Å². The van der Waals surface area contributed by atoms with Crippen LogP contribution < -0.4 is 10.2 Å². The number of hydrogen-bond donors (Lipinski definition) is 1.